The normalized spacial score (nSPS) is 12.3. The van der Waals surface area contributed by atoms with Gasteiger partial charge < -0.3 is 16.3 Å². The lowest BCUT2D eigenvalue weighted by Crippen LogP contribution is -2.56. The number of amidine groups is 1. The highest BCUT2D eigenvalue weighted by molar-refractivity contribution is 6.00. The van der Waals surface area contributed by atoms with Gasteiger partial charge in [-0.3, -0.25) is 4.79 Å². The van der Waals surface area contributed by atoms with Crippen LogP contribution < -0.4 is 11.1 Å². The van der Waals surface area contributed by atoms with Crippen molar-refractivity contribution in [3.63, 3.8) is 0 Å². The number of rotatable bonds is 5. The number of hydrogen-bond donors (Lipinski definition) is 3. The zero-order chi connectivity index (χ0) is 15.3. The summed E-state index contributed by atoms with van der Waals surface area (Å²) >= 11 is 0. The lowest BCUT2D eigenvalue weighted by Gasteiger charge is -2.31. The highest BCUT2D eigenvalue weighted by Gasteiger charge is 2.33. The number of nitrogens with one attached hydrogen (secondary N) is 1. The van der Waals surface area contributed by atoms with Crippen molar-refractivity contribution in [3.05, 3.63) is 35.1 Å². The van der Waals surface area contributed by atoms with Crippen LogP contribution >= 0.6 is 0 Å². The van der Waals surface area contributed by atoms with Crippen LogP contribution in [-0.2, 0) is 0 Å². The Labute approximate surface area is 117 Å². The maximum Gasteiger partial charge on any atom is 0.252 e. The molecule has 0 atom stereocenters. The molecule has 1 aromatic carbocycles. The molecule has 110 valence electrons. The first-order chi connectivity index (χ1) is 9.40. The van der Waals surface area contributed by atoms with E-state index in [0.29, 0.717) is 18.4 Å². The van der Waals surface area contributed by atoms with Crippen LogP contribution in [0.25, 0.3) is 0 Å². The summed E-state index contributed by atoms with van der Waals surface area (Å²) < 4.78 is 13.5. The van der Waals surface area contributed by atoms with Gasteiger partial charge in [-0.25, -0.2) is 4.39 Å². The third kappa shape index (κ3) is 3.07. The van der Waals surface area contributed by atoms with Crippen molar-refractivity contribution in [1.82, 2.24) is 5.32 Å². The van der Waals surface area contributed by atoms with Gasteiger partial charge in [0.2, 0.25) is 0 Å². The van der Waals surface area contributed by atoms with E-state index in [2.05, 4.69) is 10.5 Å². The first-order valence-electron chi connectivity index (χ1n) is 6.46. The van der Waals surface area contributed by atoms with Gasteiger partial charge >= 0.3 is 0 Å². The number of nitrogens with two attached hydrogens (primary N) is 1. The molecule has 1 amide bonds. The monoisotopic (exact) mass is 281 g/mol. The van der Waals surface area contributed by atoms with E-state index in [1.165, 1.54) is 18.2 Å². The van der Waals surface area contributed by atoms with Crippen molar-refractivity contribution in [1.29, 1.82) is 0 Å². The molecule has 5 nitrogen and oxygen atoms in total. The van der Waals surface area contributed by atoms with Crippen molar-refractivity contribution in [2.75, 3.05) is 0 Å². The second-order valence-corrected chi connectivity index (χ2v) is 4.69. The Bertz CT molecular complexity index is 525. The van der Waals surface area contributed by atoms with Gasteiger partial charge in [0, 0.05) is 5.56 Å². The van der Waals surface area contributed by atoms with Crippen LogP contribution in [0.3, 0.4) is 0 Å². The zero-order valence-corrected chi connectivity index (χ0v) is 11.9. The predicted molar refractivity (Wildman–Crippen MR) is 75.3 cm³/mol. The Morgan fingerprint density at radius 2 is 2.05 bits per heavy atom. The minimum absolute atomic E-state index is 0.0663. The molecule has 1 rings (SSSR count). The van der Waals surface area contributed by atoms with Crippen molar-refractivity contribution < 1.29 is 14.4 Å². The molecule has 0 bridgehead atoms. The van der Waals surface area contributed by atoms with E-state index in [1.807, 2.05) is 13.8 Å². The molecule has 0 aliphatic heterocycles. The van der Waals surface area contributed by atoms with Crippen LogP contribution in [0.5, 0.6) is 0 Å². The molecule has 0 heterocycles. The molecule has 0 unspecified atom stereocenters. The Hall–Kier alpha value is -2.11. The molecule has 1 aromatic rings. The minimum atomic E-state index is -0.937. The lowest BCUT2D eigenvalue weighted by molar-refractivity contribution is 0.0917. The number of aryl methyl sites for hydroxylation is 1. The Morgan fingerprint density at radius 1 is 1.45 bits per heavy atom. The number of hydrogen-bond acceptors (Lipinski definition) is 3. The molecule has 20 heavy (non-hydrogen) atoms. The summed E-state index contributed by atoms with van der Waals surface area (Å²) in [5.41, 5.74) is 5.39. The molecule has 0 saturated heterocycles. The highest BCUT2D eigenvalue weighted by Crippen LogP contribution is 2.17. The van der Waals surface area contributed by atoms with Crippen molar-refractivity contribution in [2.24, 2.45) is 10.9 Å². The van der Waals surface area contributed by atoms with Crippen molar-refractivity contribution in [3.8, 4) is 0 Å². The van der Waals surface area contributed by atoms with Crippen LogP contribution in [-0.4, -0.2) is 22.5 Å². The molecule has 0 spiro atoms. The third-order valence-corrected chi connectivity index (χ3v) is 3.59. The molecule has 0 aliphatic carbocycles. The Morgan fingerprint density at radius 3 is 2.50 bits per heavy atom. The minimum Gasteiger partial charge on any atom is -0.409 e. The first kappa shape index (κ1) is 15.9. The van der Waals surface area contributed by atoms with Gasteiger partial charge in [-0.2, -0.15) is 0 Å². The van der Waals surface area contributed by atoms with Gasteiger partial charge in [-0.15, -0.1) is 0 Å². The fraction of sp³-hybridized carbons (Fsp3) is 0.429. The fourth-order valence-electron chi connectivity index (χ4n) is 1.97. The summed E-state index contributed by atoms with van der Waals surface area (Å²) in [6, 6.07) is 4.25. The van der Waals surface area contributed by atoms with Gasteiger partial charge in [0.05, 0.1) is 0 Å². The summed E-state index contributed by atoms with van der Waals surface area (Å²) in [7, 11) is 0. The molecular formula is C14H20FN3O2. The zero-order valence-electron chi connectivity index (χ0n) is 11.9. The largest absolute Gasteiger partial charge is 0.409 e. The summed E-state index contributed by atoms with van der Waals surface area (Å²) in [6.45, 7) is 5.25. The van der Waals surface area contributed by atoms with Gasteiger partial charge in [0.1, 0.15) is 11.4 Å². The third-order valence-electron chi connectivity index (χ3n) is 3.59. The fourth-order valence-corrected chi connectivity index (χ4v) is 1.97. The van der Waals surface area contributed by atoms with E-state index in [-0.39, 0.29) is 11.4 Å². The molecule has 0 aliphatic rings. The average molecular weight is 281 g/mol. The van der Waals surface area contributed by atoms with E-state index in [0.717, 1.165) is 0 Å². The summed E-state index contributed by atoms with van der Waals surface area (Å²) in [5.74, 6) is -0.970. The summed E-state index contributed by atoms with van der Waals surface area (Å²) in [4.78, 5) is 12.2. The number of amides is 1. The number of halogens is 1. The number of benzene rings is 1. The van der Waals surface area contributed by atoms with Crippen molar-refractivity contribution >= 4 is 11.7 Å². The van der Waals surface area contributed by atoms with Crippen LogP contribution in [0.1, 0.15) is 42.6 Å². The average Bonchev–Trinajstić information content (AvgIpc) is 2.46. The van der Waals surface area contributed by atoms with Gasteiger partial charge in [-0.05, 0) is 37.5 Å². The summed E-state index contributed by atoms with van der Waals surface area (Å²) in [5, 5.41) is 14.6. The van der Waals surface area contributed by atoms with Crippen LogP contribution in [0.15, 0.2) is 23.4 Å². The molecular weight excluding hydrogens is 261 g/mol. The van der Waals surface area contributed by atoms with E-state index >= 15 is 0 Å². The highest BCUT2D eigenvalue weighted by atomic mass is 19.1. The second-order valence-electron chi connectivity index (χ2n) is 4.69. The van der Waals surface area contributed by atoms with Crippen LogP contribution in [0, 0.1) is 12.7 Å². The quantitative estimate of drug-likeness (QED) is 0.334. The van der Waals surface area contributed by atoms with Crippen LogP contribution in [0.4, 0.5) is 4.39 Å². The number of nitrogens with zero attached hydrogens (tertiary/aromatic N) is 1. The van der Waals surface area contributed by atoms with Crippen molar-refractivity contribution in [2.45, 2.75) is 39.2 Å². The molecule has 0 radical (unpaired) electrons. The first-order valence-corrected chi connectivity index (χ1v) is 6.46. The molecule has 4 N–H and O–H groups in total. The molecule has 0 aromatic heterocycles. The number of oxime groups is 1. The number of carbonyl (C=O) groups is 1. The smallest absolute Gasteiger partial charge is 0.252 e. The van der Waals surface area contributed by atoms with Gasteiger partial charge in [0.25, 0.3) is 5.91 Å². The Balaban J connectivity index is 3.05. The van der Waals surface area contributed by atoms with E-state index in [1.54, 1.807) is 6.92 Å². The van der Waals surface area contributed by atoms with Gasteiger partial charge in [0.15, 0.2) is 5.84 Å². The molecule has 0 fully saturated rings. The predicted octanol–water partition coefficient (Wildman–Crippen LogP) is 2.17. The SMILES string of the molecule is CCC(CC)(NC(=O)c1ccc(C)c(F)c1)/C(N)=N/O. The standard InChI is InChI=1S/C14H20FN3O2/c1-4-14(5-2,13(16)18-20)17-12(19)10-7-6-9(3)11(15)8-10/h6-8,20H,4-5H2,1-3H3,(H2,16,18)(H,17,19). The van der Waals surface area contributed by atoms with E-state index < -0.39 is 17.3 Å². The topological polar surface area (TPSA) is 87.7 Å². The second kappa shape index (κ2) is 6.36. The van der Waals surface area contributed by atoms with Crippen LogP contribution in [0.2, 0.25) is 0 Å². The summed E-state index contributed by atoms with van der Waals surface area (Å²) in [6.07, 6.45) is 0.916. The molecule has 6 heteroatoms. The molecule has 0 saturated carbocycles. The number of carbonyl (C=O) groups excluding carboxylic acids is 1. The van der Waals surface area contributed by atoms with Gasteiger partial charge in [-0.1, -0.05) is 25.1 Å². The maximum atomic E-state index is 13.5. The van der Waals surface area contributed by atoms with E-state index in [9.17, 15) is 9.18 Å². The Kier molecular flexibility index (Phi) is 5.07. The maximum absolute atomic E-state index is 13.5. The van der Waals surface area contributed by atoms with E-state index in [4.69, 9.17) is 10.9 Å². The lowest BCUT2D eigenvalue weighted by atomic mass is 9.91.